The summed E-state index contributed by atoms with van der Waals surface area (Å²) in [7, 11) is -1.78. The quantitative estimate of drug-likeness (QED) is 0.818. The van der Waals surface area contributed by atoms with Gasteiger partial charge in [0.2, 0.25) is 5.91 Å². The zero-order valence-corrected chi connectivity index (χ0v) is 16.5. The normalized spacial score (nSPS) is 18.3. The molecule has 0 saturated carbocycles. The Morgan fingerprint density at radius 2 is 2.04 bits per heavy atom. The minimum Gasteiger partial charge on any atom is -0.358 e. The first-order chi connectivity index (χ1) is 12.0. The van der Waals surface area contributed by atoms with Crippen molar-refractivity contribution in [1.29, 1.82) is 0 Å². The van der Waals surface area contributed by atoms with Gasteiger partial charge in [0, 0.05) is 45.2 Å². The number of amides is 1. The third-order valence-electron chi connectivity index (χ3n) is 4.55. The zero-order valence-electron chi connectivity index (χ0n) is 14.8. The molecule has 9 heteroatoms. The molecule has 1 aromatic rings. The van der Waals surface area contributed by atoms with Crippen LogP contribution < -0.4 is 5.32 Å². The molecule has 0 unspecified atom stereocenters. The van der Waals surface area contributed by atoms with E-state index < -0.39 is 10.0 Å². The average molecular weight is 401 g/mol. The van der Waals surface area contributed by atoms with E-state index in [1.54, 1.807) is 24.3 Å². The van der Waals surface area contributed by atoms with Crippen LogP contribution in [0.4, 0.5) is 0 Å². The molecule has 0 atom stereocenters. The van der Waals surface area contributed by atoms with Crippen molar-refractivity contribution >= 4 is 34.2 Å². The molecule has 0 aliphatic carbocycles. The van der Waals surface area contributed by atoms with Gasteiger partial charge in [-0.25, -0.2) is 0 Å². The van der Waals surface area contributed by atoms with E-state index in [9.17, 15) is 13.2 Å². The Morgan fingerprint density at radius 1 is 1.27 bits per heavy atom. The minimum atomic E-state index is -3.60. The van der Waals surface area contributed by atoms with Crippen LogP contribution in [0.15, 0.2) is 33.6 Å². The van der Waals surface area contributed by atoms with Gasteiger partial charge in [-0.2, -0.15) is 8.42 Å². The van der Waals surface area contributed by atoms with Crippen molar-refractivity contribution in [2.24, 2.45) is 4.40 Å². The minimum absolute atomic E-state index is 0. The van der Waals surface area contributed by atoms with Crippen LogP contribution in [0.2, 0.25) is 0 Å². The molecule has 2 aliphatic heterocycles. The zero-order chi connectivity index (χ0) is 17.9. The smallest absolute Gasteiger partial charge is 0.285 e. The van der Waals surface area contributed by atoms with Gasteiger partial charge in [0.1, 0.15) is 10.7 Å². The Balaban J connectivity index is 0.00000243. The molecule has 26 heavy (non-hydrogen) atoms. The molecule has 0 spiro atoms. The van der Waals surface area contributed by atoms with Crippen molar-refractivity contribution in [2.45, 2.75) is 24.2 Å². The lowest BCUT2D eigenvalue weighted by Crippen LogP contribution is -2.35. The lowest BCUT2D eigenvalue weighted by atomic mass is 10.2. The Labute approximate surface area is 160 Å². The third kappa shape index (κ3) is 4.55. The molecule has 1 saturated heterocycles. The van der Waals surface area contributed by atoms with Crippen molar-refractivity contribution in [3.05, 3.63) is 29.8 Å². The number of carbonyl (C=O) groups excluding carboxylic acids is 1. The highest BCUT2D eigenvalue weighted by Crippen LogP contribution is 2.27. The molecule has 0 radical (unpaired) electrons. The maximum Gasteiger partial charge on any atom is 0.285 e. The second-order valence-corrected chi connectivity index (χ2v) is 7.97. The van der Waals surface area contributed by atoms with Crippen molar-refractivity contribution in [2.75, 3.05) is 39.8 Å². The Morgan fingerprint density at radius 3 is 2.85 bits per heavy atom. The number of benzene rings is 1. The summed E-state index contributed by atoms with van der Waals surface area (Å²) in [6, 6.07) is 6.85. The summed E-state index contributed by atoms with van der Waals surface area (Å²) in [5.74, 6) is 0.625. The highest BCUT2D eigenvalue weighted by atomic mass is 35.5. The number of hydrogen-bond acceptors (Lipinski definition) is 5. The fourth-order valence-electron chi connectivity index (χ4n) is 3.19. The monoisotopic (exact) mass is 400 g/mol. The number of nitrogens with one attached hydrogen (secondary N) is 1. The van der Waals surface area contributed by atoms with E-state index in [4.69, 9.17) is 0 Å². The maximum absolute atomic E-state index is 12.3. The predicted octanol–water partition coefficient (Wildman–Crippen LogP) is 1.09. The van der Waals surface area contributed by atoms with Gasteiger partial charge in [0.25, 0.3) is 10.0 Å². The molecule has 1 aromatic carbocycles. The molecule has 2 aliphatic rings. The highest BCUT2D eigenvalue weighted by molar-refractivity contribution is 7.90. The van der Waals surface area contributed by atoms with Gasteiger partial charge >= 0.3 is 0 Å². The Bertz CT molecular complexity index is 774. The molecule has 2 heterocycles. The molecule has 7 nitrogen and oxygen atoms in total. The number of halogens is 1. The molecule has 144 valence electrons. The Hall–Kier alpha value is -1.64. The van der Waals surface area contributed by atoms with E-state index >= 15 is 0 Å². The molecular weight excluding hydrogens is 376 g/mol. The van der Waals surface area contributed by atoms with Crippen LogP contribution in [0.1, 0.15) is 24.8 Å². The van der Waals surface area contributed by atoms with Crippen molar-refractivity contribution < 1.29 is 13.2 Å². The molecule has 1 N–H and O–H groups in total. The molecule has 0 aromatic heterocycles. The van der Waals surface area contributed by atoms with E-state index in [0.29, 0.717) is 30.8 Å². The topological polar surface area (TPSA) is 82.1 Å². The number of fused-ring (bicyclic) bond motifs is 1. The van der Waals surface area contributed by atoms with Crippen molar-refractivity contribution in [3.63, 3.8) is 0 Å². The van der Waals surface area contributed by atoms with Gasteiger partial charge in [0.05, 0.1) is 0 Å². The first-order valence-corrected chi connectivity index (χ1v) is 10.1. The van der Waals surface area contributed by atoms with Gasteiger partial charge in [-0.15, -0.1) is 16.8 Å². The third-order valence-corrected chi connectivity index (χ3v) is 5.88. The fourth-order valence-corrected chi connectivity index (χ4v) is 4.44. The van der Waals surface area contributed by atoms with Crippen LogP contribution in [0.5, 0.6) is 0 Å². The van der Waals surface area contributed by atoms with Gasteiger partial charge in [0.15, 0.2) is 0 Å². The highest BCUT2D eigenvalue weighted by Gasteiger charge is 2.30. The second-order valence-electron chi connectivity index (χ2n) is 6.40. The SMILES string of the molecule is CN(CCCC(=O)N1CCCNCC1)C1=NS(=O)(=O)c2ccccc21.Cl. The van der Waals surface area contributed by atoms with Crippen molar-refractivity contribution in [3.8, 4) is 0 Å². The van der Waals surface area contributed by atoms with Crippen molar-refractivity contribution in [1.82, 2.24) is 15.1 Å². The number of hydrogen-bond donors (Lipinski definition) is 1. The summed E-state index contributed by atoms with van der Waals surface area (Å²) in [4.78, 5) is 16.3. The summed E-state index contributed by atoms with van der Waals surface area (Å²) in [5.41, 5.74) is 0.634. The lowest BCUT2D eigenvalue weighted by Gasteiger charge is -2.22. The first-order valence-electron chi connectivity index (χ1n) is 8.63. The number of sulfonamides is 1. The van der Waals surface area contributed by atoms with Gasteiger partial charge < -0.3 is 15.1 Å². The lowest BCUT2D eigenvalue weighted by molar-refractivity contribution is -0.131. The number of rotatable bonds is 4. The van der Waals surface area contributed by atoms with Crippen LogP contribution in [0.25, 0.3) is 0 Å². The first kappa shape index (κ1) is 20.7. The van der Waals surface area contributed by atoms with E-state index in [1.807, 2.05) is 16.8 Å². The summed E-state index contributed by atoms with van der Waals surface area (Å²) in [6.07, 6.45) is 2.11. The van der Waals surface area contributed by atoms with Crippen LogP contribution >= 0.6 is 12.4 Å². The number of nitrogens with zero attached hydrogens (tertiary/aromatic N) is 3. The molecule has 0 bridgehead atoms. The Kier molecular flexibility index (Phi) is 7.02. The fraction of sp³-hybridized carbons (Fsp3) is 0.529. The van der Waals surface area contributed by atoms with Crippen LogP contribution in [0, 0.1) is 0 Å². The molecule has 1 fully saturated rings. The molecule has 1 amide bonds. The summed E-state index contributed by atoms with van der Waals surface area (Å²) in [5, 5.41) is 3.29. The summed E-state index contributed by atoms with van der Waals surface area (Å²) >= 11 is 0. The summed E-state index contributed by atoms with van der Waals surface area (Å²) < 4.78 is 28.1. The van der Waals surface area contributed by atoms with Gasteiger partial charge in [-0.1, -0.05) is 12.1 Å². The van der Waals surface area contributed by atoms with Crippen LogP contribution in [-0.2, 0) is 14.8 Å². The van der Waals surface area contributed by atoms with E-state index in [1.165, 1.54) is 0 Å². The largest absolute Gasteiger partial charge is 0.358 e. The average Bonchev–Trinajstić information content (AvgIpc) is 2.77. The molecule has 3 rings (SSSR count). The molecular formula is C17H25ClN4O3S. The van der Waals surface area contributed by atoms with Crippen LogP contribution in [0.3, 0.4) is 0 Å². The van der Waals surface area contributed by atoms with Crippen LogP contribution in [-0.4, -0.2) is 69.7 Å². The predicted molar refractivity (Wildman–Crippen MR) is 103 cm³/mol. The second kappa shape index (κ2) is 8.83. The van der Waals surface area contributed by atoms with Gasteiger partial charge in [-0.05, 0) is 31.5 Å². The van der Waals surface area contributed by atoms with E-state index in [-0.39, 0.29) is 23.2 Å². The number of amidine groups is 1. The number of carbonyl (C=O) groups is 1. The summed E-state index contributed by atoms with van der Waals surface area (Å²) in [6.45, 7) is 3.95. The van der Waals surface area contributed by atoms with Gasteiger partial charge in [-0.3, -0.25) is 4.79 Å². The van der Waals surface area contributed by atoms with E-state index in [0.717, 1.165) is 32.6 Å². The standard InChI is InChI=1S/C17H24N4O3S.ClH/c1-20(11-4-8-16(22)21-12-5-9-18-10-13-21)17-14-6-2-3-7-15(14)25(23,24)19-17;/h2-3,6-7,18H,4-5,8-13H2,1H3;1H. The van der Waals surface area contributed by atoms with E-state index in [2.05, 4.69) is 9.71 Å². The maximum atomic E-state index is 12.3.